The van der Waals surface area contributed by atoms with Gasteiger partial charge >= 0.3 is 0 Å². The zero-order valence-electron chi connectivity index (χ0n) is 14.3. The molecule has 1 aliphatic rings. The van der Waals surface area contributed by atoms with Crippen molar-refractivity contribution in [3.63, 3.8) is 0 Å². The van der Waals surface area contributed by atoms with Gasteiger partial charge in [-0.15, -0.1) is 16.4 Å². The smallest absolute Gasteiger partial charge is 0.257 e. The number of carbonyl (C=O) groups excluding carboxylic acids is 1. The molecule has 9 nitrogen and oxygen atoms in total. The average molecular weight is 392 g/mol. The van der Waals surface area contributed by atoms with Crippen molar-refractivity contribution < 1.29 is 14.3 Å². The minimum atomic E-state index is -0.241. The van der Waals surface area contributed by atoms with Crippen molar-refractivity contribution in [3.05, 3.63) is 59.7 Å². The lowest BCUT2D eigenvalue weighted by Crippen LogP contribution is -2.11. The highest BCUT2D eigenvalue weighted by Gasteiger charge is 2.16. The molecule has 0 saturated heterocycles. The van der Waals surface area contributed by atoms with E-state index in [9.17, 15) is 4.79 Å². The first-order chi connectivity index (χ1) is 13.8. The molecule has 28 heavy (non-hydrogen) atoms. The highest BCUT2D eigenvalue weighted by atomic mass is 32.1. The Morgan fingerprint density at radius 1 is 1.11 bits per heavy atom. The number of anilines is 1. The largest absolute Gasteiger partial charge is 0.454 e. The predicted octanol–water partition coefficient (Wildman–Crippen LogP) is 2.77. The first-order valence-corrected chi connectivity index (χ1v) is 9.14. The Kier molecular flexibility index (Phi) is 3.95. The van der Waals surface area contributed by atoms with Crippen LogP contribution in [0.15, 0.2) is 54.2 Å². The second kappa shape index (κ2) is 6.74. The molecule has 3 heterocycles. The Balaban J connectivity index is 1.31. The summed E-state index contributed by atoms with van der Waals surface area (Å²) in [6.07, 6.45) is 1.49. The molecular weight excluding hydrogens is 380 g/mol. The van der Waals surface area contributed by atoms with Crippen LogP contribution in [0.1, 0.15) is 10.4 Å². The molecule has 2 aromatic heterocycles. The van der Waals surface area contributed by atoms with Crippen molar-refractivity contribution in [1.82, 2.24) is 25.2 Å². The number of carbonyl (C=O) groups is 1. The summed E-state index contributed by atoms with van der Waals surface area (Å²) in [5.41, 5.74) is 2.93. The highest BCUT2D eigenvalue weighted by molar-refractivity contribution is 7.14. The molecule has 0 fully saturated rings. The number of nitrogens with zero attached hydrogens (tertiary/aromatic N) is 5. The Hall–Kier alpha value is -3.79. The van der Waals surface area contributed by atoms with E-state index in [1.54, 1.807) is 24.3 Å². The molecule has 1 amide bonds. The van der Waals surface area contributed by atoms with E-state index < -0.39 is 0 Å². The molecular formula is C18H12N6O3S. The Labute approximate surface area is 162 Å². The van der Waals surface area contributed by atoms with Crippen LogP contribution in [0.3, 0.4) is 0 Å². The van der Waals surface area contributed by atoms with Crippen LogP contribution in [0, 0.1) is 0 Å². The van der Waals surface area contributed by atoms with E-state index in [0.29, 0.717) is 16.4 Å². The molecule has 5 rings (SSSR count). The standard InChI is InChI=1S/C18H12N6O3S/c25-17(11-1-4-13(5-2-11)24-9-19-22-23-24)21-18-20-14(8-28-18)12-3-6-15-16(7-12)27-10-26-15/h1-9H,10H2,(H,20,21,25). The molecule has 0 bridgehead atoms. The van der Waals surface area contributed by atoms with E-state index in [1.165, 1.54) is 22.3 Å². The summed E-state index contributed by atoms with van der Waals surface area (Å²) < 4.78 is 12.2. The van der Waals surface area contributed by atoms with Gasteiger partial charge in [0.05, 0.1) is 11.4 Å². The molecule has 138 valence electrons. The molecule has 0 radical (unpaired) electrons. The maximum Gasteiger partial charge on any atom is 0.257 e. The van der Waals surface area contributed by atoms with Gasteiger partial charge in [0.25, 0.3) is 5.91 Å². The Bertz CT molecular complexity index is 1140. The van der Waals surface area contributed by atoms with Crippen LogP contribution in [0.2, 0.25) is 0 Å². The number of fused-ring (bicyclic) bond motifs is 1. The van der Waals surface area contributed by atoms with E-state index in [-0.39, 0.29) is 12.7 Å². The van der Waals surface area contributed by atoms with Gasteiger partial charge in [0.1, 0.15) is 6.33 Å². The number of rotatable bonds is 4. The van der Waals surface area contributed by atoms with Crippen LogP contribution in [-0.4, -0.2) is 37.9 Å². The van der Waals surface area contributed by atoms with E-state index in [1.807, 2.05) is 23.6 Å². The number of benzene rings is 2. The molecule has 0 unspecified atom stereocenters. The Morgan fingerprint density at radius 2 is 1.96 bits per heavy atom. The monoisotopic (exact) mass is 392 g/mol. The number of hydrogen-bond acceptors (Lipinski definition) is 8. The molecule has 10 heteroatoms. The first kappa shape index (κ1) is 16.4. The Morgan fingerprint density at radius 3 is 2.79 bits per heavy atom. The number of nitrogens with one attached hydrogen (secondary N) is 1. The molecule has 1 N–H and O–H groups in total. The summed E-state index contributed by atoms with van der Waals surface area (Å²) in [4.78, 5) is 17.0. The van der Waals surface area contributed by atoms with E-state index in [0.717, 1.165) is 22.7 Å². The molecule has 0 aliphatic carbocycles. The number of thiazole rings is 1. The lowest BCUT2D eigenvalue weighted by Gasteiger charge is -2.03. The molecule has 0 saturated carbocycles. The second-order valence-corrected chi connectivity index (χ2v) is 6.72. The third kappa shape index (κ3) is 3.05. The van der Waals surface area contributed by atoms with Gasteiger partial charge in [-0.25, -0.2) is 9.67 Å². The lowest BCUT2D eigenvalue weighted by atomic mass is 10.1. The zero-order chi connectivity index (χ0) is 18.9. The maximum absolute atomic E-state index is 12.5. The van der Waals surface area contributed by atoms with Gasteiger partial charge in [-0.3, -0.25) is 10.1 Å². The number of aromatic nitrogens is 5. The van der Waals surface area contributed by atoms with Crippen LogP contribution in [-0.2, 0) is 0 Å². The number of tetrazole rings is 1. The van der Waals surface area contributed by atoms with Crippen molar-refractivity contribution in [1.29, 1.82) is 0 Å². The van der Waals surface area contributed by atoms with Gasteiger partial charge in [-0.1, -0.05) is 0 Å². The van der Waals surface area contributed by atoms with Crippen molar-refractivity contribution in [2.75, 3.05) is 12.1 Å². The minimum Gasteiger partial charge on any atom is -0.454 e. The van der Waals surface area contributed by atoms with Crippen LogP contribution in [0.25, 0.3) is 16.9 Å². The fourth-order valence-corrected chi connectivity index (χ4v) is 3.45. The van der Waals surface area contributed by atoms with Gasteiger partial charge in [0.15, 0.2) is 16.6 Å². The number of amides is 1. The van der Waals surface area contributed by atoms with Crippen molar-refractivity contribution in [2.45, 2.75) is 0 Å². The molecule has 2 aromatic carbocycles. The van der Waals surface area contributed by atoms with Gasteiger partial charge < -0.3 is 9.47 Å². The zero-order valence-corrected chi connectivity index (χ0v) is 15.1. The summed E-state index contributed by atoms with van der Waals surface area (Å²) in [6, 6.07) is 12.6. The van der Waals surface area contributed by atoms with Gasteiger partial charge in [-0.05, 0) is 52.9 Å². The maximum atomic E-state index is 12.5. The summed E-state index contributed by atoms with van der Waals surface area (Å²) >= 11 is 1.36. The molecule has 4 aromatic rings. The van der Waals surface area contributed by atoms with Crippen LogP contribution < -0.4 is 14.8 Å². The quantitative estimate of drug-likeness (QED) is 0.569. The predicted molar refractivity (Wildman–Crippen MR) is 101 cm³/mol. The molecule has 0 spiro atoms. The molecule has 0 atom stereocenters. The minimum absolute atomic E-state index is 0.226. The fraction of sp³-hybridized carbons (Fsp3) is 0.0556. The number of ether oxygens (including phenoxy) is 2. The number of hydrogen-bond donors (Lipinski definition) is 1. The van der Waals surface area contributed by atoms with Crippen LogP contribution >= 0.6 is 11.3 Å². The van der Waals surface area contributed by atoms with Gasteiger partial charge in [0, 0.05) is 16.5 Å². The summed E-state index contributed by atoms with van der Waals surface area (Å²) in [5.74, 6) is 1.17. The van der Waals surface area contributed by atoms with Crippen LogP contribution in [0.5, 0.6) is 11.5 Å². The van der Waals surface area contributed by atoms with E-state index in [2.05, 4.69) is 25.8 Å². The van der Waals surface area contributed by atoms with E-state index in [4.69, 9.17) is 9.47 Å². The normalized spacial score (nSPS) is 12.1. The lowest BCUT2D eigenvalue weighted by molar-refractivity contribution is 0.102. The van der Waals surface area contributed by atoms with Gasteiger partial charge in [-0.2, -0.15) is 0 Å². The van der Waals surface area contributed by atoms with Gasteiger partial charge in [0.2, 0.25) is 6.79 Å². The van der Waals surface area contributed by atoms with Crippen molar-refractivity contribution in [3.8, 4) is 28.4 Å². The van der Waals surface area contributed by atoms with E-state index >= 15 is 0 Å². The first-order valence-electron chi connectivity index (χ1n) is 8.26. The molecule has 1 aliphatic heterocycles. The highest BCUT2D eigenvalue weighted by Crippen LogP contribution is 2.36. The van der Waals surface area contributed by atoms with Crippen molar-refractivity contribution in [2.24, 2.45) is 0 Å². The average Bonchev–Trinajstić information content (AvgIpc) is 3.48. The summed E-state index contributed by atoms with van der Waals surface area (Å²) in [5, 5.41) is 16.2. The SMILES string of the molecule is O=C(Nc1nc(-c2ccc3c(c2)OCO3)cs1)c1ccc(-n2cnnn2)cc1. The topological polar surface area (TPSA) is 104 Å². The fourth-order valence-electron chi connectivity index (χ4n) is 2.73. The van der Waals surface area contributed by atoms with Crippen molar-refractivity contribution >= 4 is 22.4 Å². The third-order valence-corrected chi connectivity index (χ3v) is 4.89. The van der Waals surface area contributed by atoms with Crippen LogP contribution in [0.4, 0.5) is 5.13 Å². The summed E-state index contributed by atoms with van der Waals surface area (Å²) in [6.45, 7) is 0.226. The second-order valence-electron chi connectivity index (χ2n) is 5.86. The third-order valence-electron chi connectivity index (χ3n) is 4.14. The summed E-state index contributed by atoms with van der Waals surface area (Å²) in [7, 11) is 0.